The minimum atomic E-state index is -0.529. The van der Waals surface area contributed by atoms with Crippen molar-refractivity contribution in [2.45, 2.75) is 51.6 Å². The lowest BCUT2D eigenvalue weighted by atomic mass is 9.75. The number of halogens is 2. The van der Waals surface area contributed by atoms with E-state index in [2.05, 4.69) is 18.7 Å². The summed E-state index contributed by atoms with van der Waals surface area (Å²) in [5.74, 6) is -0.349. The molecule has 1 aliphatic carbocycles. The molecule has 1 aromatic carbocycles. The highest BCUT2D eigenvalue weighted by molar-refractivity contribution is 5.19. The van der Waals surface area contributed by atoms with Gasteiger partial charge in [-0.15, -0.1) is 0 Å². The maximum absolute atomic E-state index is 13.9. The molecule has 2 N–H and O–H groups in total. The van der Waals surface area contributed by atoms with Crippen molar-refractivity contribution in [1.29, 1.82) is 0 Å². The van der Waals surface area contributed by atoms with Gasteiger partial charge in [-0.05, 0) is 31.4 Å². The van der Waals surface area contributed by atoms with Gasteiger partial charge in [-0.2, -0.15) is 0 Å². The Kier molecular flexibility index (Phi) is 5.33. The van der Waals surface area contributed by atoms with Crippen molar-refractivity contribution in [2.75, 3.05) is 13.1 Å². The lowest BCUT2D eigenvalue weighted by Gasteiger charge is -2.47. The zero-order valence-electron chi connectivity index (χ0n) is 13.0. The summed E-state index contributed by atoms with van der Waals surface area (Å²) in [6.45, 7) is 6.25. The summed E-state index contributed by atoms with van der Waals surface area (Å²) in [5.41, 5.74) is 6.59. The largest absolute Gasteiger partial charge is 0.329 e. The van der Waals surface area contributed by atoms with E-state index in [1.807, 2.05) is 0 Å². The van der Waals surface area contributed by atoms with E-state index in [0.29, 0.717) is 24.6 Å². The van der Waals surface area contributed by atoms with Gasteiger partial charge in [-0.3, -0.25) is 4.90 Å². The molecule has 0 aliphatic heterocycles. The highest BCUT2D eigenvalue weighted by Crippen LogP contribution is 2.37. The third-order valence-electron chi connectivity index (χ3n) is 4.88. The number of benzene rings is 1. The van der Waals surface area contributed by atoms with Crippen LogP contribution in [-0.4, -0.2) is 23.5 Å². The number of hydrogen-bond donors (Lipinski definition) is 1. The summed E-state index contributed by atoms with van der Waals surface area (Å²) >= 11 is 0. The fourth-order valence-electron chi connectivity index (χ4n) is 3.70. The van der Waals surface area contributed by atoms with Crippen LogP contribution in [0.5, 0.6) is 0 Å². The molecule has 0 aromatic heterocycles. The van der Waals surface area contributed by atoms with Gasteiger partial charge in [0.15, 0.2) is 0 Å². The summed E-state index contributed by atoms with van der Waals surface area (Å²) in [5, 5.41) is 0. The minimum Gasteiger partial charge on any atom is -0.329 e. The first-order valence-electron chi connectivity index (χ1n) is 7.90. The van der Waals surface area contributed by atoms with Gasteiger partial charge in [0, 0.05) is 30.3 Å². The molecule has 1 aliphatic rings. The van der Waals surface area contributed by atoms with Crippen LogP contribution in [0, 0.1) is 17.6 Å². The predicted octanol–water partition coefficient (Wildman–Crippen LogP) is 3.69. The molecule has 4 heteroatoms. The minimum absolute atomic E-state index is 0.0484. The van der Waals surface area contributed by atoms with Crippen LogP contribution in [0.1, 0.15) is 45.1 Å². The molecule has 0 saturated heterocycles. The van der Waals surface area contributed by atoms with Crippen molar-refractivity contribution < 1.29 is 8.78 Å². The summed E-state index contributed by atoms with van der Waals surface area (Å²) in [6.07, 6.45) is 4.52. The van der Waals surface area contributed by atoms with Crippen LogP contribution in [0.15, 0.2) is 18.2 Å². The van der Waals surface area contributed by atoms with E-state index in [1.165, 1.54) is 18.9 Å². The molecular weight excluding hydrogens is 270 g/mol. The standard InChI is InChI=1S/C17H26F2N2/c1-3-21(11-14-6-7-15(18)9-16(14)19)17(12-20)8-4-5-13(2)10-17/h6-7,9,13H,3-5,8,10-12,20H2,1-2H3. The molecule has 0 spiro atoms. The molecular formula is C17H26F2N2. The first-order chi connectivity index (χ1) is 10.0. The van der Waals surface area contributed by atoms with E-state index in [-0.39, 0.29) is 5.54 Å². The van der Waals surface area contributed by atoms with Crippen molar-refractivity contribution in [2.24, 2.45) is 11.7 Å². The fourth-order valence-corrected chi connectivity index (χ4v) is 3.70. The van der Waals surface area contributed by atoms with E-state index in [1.54, 1.807) is 6.07 Å². The van der Waals surface area contributed by atoms with Crippen molar-refractivity contribution in [3.8, 4) is 0 Å². The Morgan fingerprint density at radius 1 is 1.38 bits per heavy atom. The van der Waals surface area contributed by atoms with Gasteiger partial charge >= 0.3 is 0 Å². The van der Waals surface area contributed by atoms with Gasteiger partial charge in [-0.1, -0.05) is 32.8 Å². The Morgan fingerprint density at radius 3 is 2.71 bits per heavy atom. The van der Waals surface area contributed by atoms with Crippen LogP contribution in [0.4, 0.5) is 8.78 Å². The summed E-state index contributed by atoms with van der Waals surface area (Å²) in [7, 11) is 0. The first kappa shape index (κ1) is 16.4. The molecule has 0 heterocycles. The zero-order valence-corrected chi connectivity index (χ0v) is 13.0. The quantitative estimate of drug-likeness (QED) is 0.898. The Labute approximate surface area is 126 Å². The molecule has 118 valence electrons. The topological polar surface area (TPSA) is 29.3 Å². The SMILES string of the molecule is CCN(Cc1ccc(F)cc1F)C1(CN)CCCC(C)C1. The average molecular weight is 296 g/mol. The van der Waals surface area contributed by atoms with Gasteiger partial charge in [0.05, 0.1) is 0 Å². The van der Waals surface area contributed by atoms with E-state index in [0.717, 1.165) is 25.5 Å². The highest BCUT2D eigenvalue weighted by atomic mass is 19.1. The van der Waals surface area contributed by atoms with Crippen LogP contribution in [0.3, 0.4) is 0 Å². The van der Waals surface area contributed by atoms with Gasteiger partial charge in [0.2, 0.25) is 0 Å². The first-order valence-corrected chi connectivity index (χ1v) is 7.90. The molecule has 0 amide bonds. The third-order valence-corrected chi connectivity index (χ3v) is 4.88. The van der Waals surface area contributed by atoms with E-state index in [9.17, 15) is 8.78 Å². The second-order valence-electron chi connectivity index (χ2n) is 6.38. The van der Waals surface area contributed by atoms with Crippen molar-refractivity contribution in [1.82, 2.24) is 4.90 Å². The molecule has 1 aromatic rings. The van der Waals surface area contributed by atoms with Crippen LogP contribution in [0.2, 0.25) is 0 Å². The molecule has 2 rings (SSSR count). The lowest BCUT2D eigenvalue weighted by Crippen LogP contribution is -2.55. The maximum Gasteiger partial charge on any atom is 0.130 e. The molecule has 2 unspecified atom stereocenters. The van der Waals surface area contributed by atoms with E-state index >= 15 is 0 Å². The molecule has 0 bridgehead atoms. The molecule has 2 atom stereocenters. The number of hydrogen-bond acceptors (Lipinski definition) is 2. The van der Waals surface area contributed by atoms with Crippen LogP contribution >= 0.6 is 0 Å². The van der Waals surface area contributed by atoms with Crippen LogP contribution < -0.4 is 5.73 Å². The van der Waals surface area contributed by atoms with E-state index in [4.69, 9.17) is 5.73 Å². The number of nitrogens with zero attached hydrogens (tertiary/aromatic N) is 1. The van der Waals surface area contributed by atoms with Gasteiger partial charge < -0.3 is 5.73 Å². The van der Waals surface area contributed by atoms with Crippen molar-refractivity contribution in [3.05, 3.63) is 35.4 Å². The van der Waals surface area contributed by atoms with E-state index < -0.39 is 11.6 Å². The molecule has 1 fully saturated rings. The predicted molar refractivity (Wildman–Crippen MR) is 81.9 cm³/mol. The van der Waals surface area contributed by atoms with Crippen LogP contribution in [-0.2, 0) is 6.54 Å². The third kappa shape index (κ3) is 3.61. The second-order valence-corrected chi connectivity index (χ2v) is 6.38. The summed E-state index contributed by atoms with van der Waals surface area (Å²) in [6, 6.07) is 3.83. The van der Waals surface area contributed by atoms with Gasteiger partial charge in [0.25, 0.3) is 0 Å². The lowest BCUT2D eigenvalue weighted by molar-refractivity contribution is 0.0359. The Bertz CT molecular complexity index is 478. The normalized spacial score (nSPS) is 26.3. The summed E-state index contributed by atoms with van der Waals surface area (Å²) in [4.78, 5) is 2.28. The summed E-state index contributed by atoms with van der Waals surface area (Å²) < 4.78 is 27.0. The zero-order chi connectivity index (χ0) is 15.5. The Hall–Kier alpha value is -1.00. The second kappa shape index (κ2) is 6.84. The fraction of sp³-hybridized carbons (Fsp3) is 0.647. The maximum atomic E-state index is 13.9. The molecule has 1 saturated carbocycles. The Morgan fingerprint density at radius 2 is 2.14 bits per heavy atom. The smallest absolute Gasteiger partial charge is 0.130 e. The average Bonchev–Trinajstić information content (AvgIpc) is 2.46. The molecule has 2 nitrogen and oxygen atoms in total. The van der Waals surface area contributed by atoms with Gasteiger partial charge in [-0.25, -0.2) is 8.78 Å². The number of likely N-dealkylation sites (N-methyl/N-ethyl adjacent to an activating group) is 1. The number of rotatable bonds is 5. The monoisotopic (exact) mass is 296 g/mol. The Balaban J connectivity index is 2.21. The van der Waals surface area contributed by atoms with Crippen molar-refractivity contribution >= 4 is 0 Å². The van der Waals surface area contributed by atoms with Crippen LogP contribution in [0.25, 0.3) is 0 Å². The number of nitrogens with two attached hydrogens (primary N) is 1. The van der Waals surface area contributed by atoms with Crippen molar-refractivity contribution in [3.63, 3.8) is 0 Å². The highest BCUT2D eigenvalue weighted by Gasteiger charge is 2.38. The molecule has 21 heavy (non-hydrogen) atoms. The molecule has 0 radical (unpaired) electrons. The van der Waals surface area contributed by atoms with Gasteiger partial charge in [0.1, 0.15) is 11.6 Å².